The number of hydrogen-bond donors (Lipinski definition) is 0. The van der Waals surface area contributed by atoms with E-state index in [1.807, 2.05) is 6.07 Å². The number of benzene rings is 1. The van der Waals surface area contributed by atoms with Gasteiger partial charge in [-0.2, -0.15) is 4.31 Å². The highest BCUT2D eigenvalue weighted by molar-refractivity contribution is 7.89. The summed E-state index contributed by atoms with van der Waals surface area (Å²) in [5.41, 5.74) is 1.22. The first kappa shape index (κ1) is 20.3. The average Bonchev–Trinajstić information content (AvgIpc) is 3.28. The molecule has 1 aromatic heterocycles. The highest BCUT2D eigenvalue weighted by atomic mass is 32.2. The van der Waals surface area contributed by atoms with Gasteiger partial charge in [-0.05, 0) is 49.7 Å². The number of likely N-dealkylation sites (tertiary alicyclic amines) is 1. The van der Waals surface area contributed by atoms with Crippen molar-refractivity contribution in [3.63, 3.8) is 0 Å². The fourth-order valence-corrected chi connectivity index (χ4v) is 5.88. The molecule has 2 aliphatic rings. The first-order valence-electron chi connectivity index (χ1n) is 10.5. The lowest BCUT2D eigenvalue weighted by Gasteiger charge is -2.32. The van der Waals surface area contributed by atoms with Gasteiger partial charge in [0, 0.05) is 38.4 Å². The molecule has 2 saturated heterocycles. The molecule has 0 atom stereocenters. The fraction of sp³-hybridized carbons (Fsp3) is 0.500. The van der Waals surface area contributed by atoms with Gasteiger partial charge in [-0.15, -0.1) is 0 Å². The van der Waals surface area contributed by atoms with E-state index in [1.165, 1.54) is 28.2 Å². The number of nitrogens with zero attached hydrogens (tertiary/aromatic N) is 3. The normalized spacial score (nSPS) is 19.6. The second-order valence-electron chi connectivity index (χ2n) is 8.18. The summed E-state index contributed by atoms with van der Waals surface area (Å²) in [6.07, 6.45) is 6.60. The van der Waals surface area contributed by atoms with Crippen LogP contribution >= 0.6 is 0 Å². The maximum absolute atomic E-state index is 12.8. The maximum atomic E-state index is 12.8. The molecule has 6 nitrogen and oxygen atoms in total. The van der Waals surface area contributed by atoms with Gasteiger partial charge >= 0.3 is 0 Å². The molecule has 156 valence electrons. The molecule has 3 heterocycles. The number of hydrogen-bond acceptors (Lipinski definition) is 4. The summed E-state index contributed by atoms with van der Waals surface area (Å²) in [5.74, 6) is 0.659. The van der Waals surface area contributed by atoms with Crippen molar-refractivity contribution in [1.29, 1.82) is 0 Å². The van der Waals surface area contributed by atoms with E-state index in [9.17, 15) is 13.2 Å². The Balaban J connectivity index is 1.39. The summed E-state index contributed by atoms with van der Waals surface area (Å²) in [6.45, 7) is 3.42. The Kier molecular flexibility index (Phi) is 6.18. The molecule has 0 saturated carbocycles. The molecule has 0 spiro atoms. The van der Waals surface area contributed by atoms with Gasteiger partial charge in [-0.25, -0.2) is 8.42 Å². The SMILES string of the molecule is O=c1ccc(S(=O)(=O)N2CCCC2)cn1CN1CCC(Cc2ccccc2)CC1. The molecule has 0 N–H and O–H groups in total. The number of sulfonamides is 1. The largest absolute Gasteiger partial charge is 0.301 e. The van der Waals surface area contributed by atoms with Crippen LogP contribution in [0, 0.1) is 5.92 Å². The van der Waals surface area contributed by atoms with Crippen LogP contribution in [-0.2, 0) is 23.1 Å². The smallest absolute Gasteiger partial charge is 0.251 e. The zero-order valence-electron chi connectivity index (χ0n) is 16.7. The highest BCUT2D eigenvalue weighted by Crippen LogP contribution is 2.23. The van der Waals surface area contributed by atoms with E-state index in [0.29, 0.717) is 25.7 Å². The van der Waals surface area contributed by atoms with Crippen LogP contribution in [0.2, 0.25) is 0 Å². The first-order valence-corrected chi connectivity index (χ1v) is 11.9. The van der Waals surface area contributed by atoms with Crippen molar-refractivity contribution in [3.8, 4) is 0 Å². The molecule has 4 rings (SSSR count). The molecule has 29 heavy (non-hydrogen) atoms. The van der Waals surface area contributed by atoms with E-state index in [4.69, 9.17) is 0 Å². The maximum Gasteiger partial charge on any atom is 0.251 e. The molecule has 0 unspecified atom stereocenters. The molecular formula is C22H29N3O3S. The van der Waals surface area contributed by atoms with Crippen molar-refractivity contribution in [3.05, 3.63) is 64.6 Å². The number of rotatable bonds is 6. The highest BCUT2D eigenvalue weighted by Gasteiger charge is 2.28. The Morgan fingerprint density at radius 3 is 2.28 bits per heavy atom. The van der Waals surface area contributed by atoms with Crippen LogP contribution in [0.3, 0.4) is 0 Å². The topological polar surface area (TPSA) is 62.6 Å². The van der Waals surface area contributed by atoms with E-state index in [-0.39, 0.29) is 10.5 Å². The zero-order chi connectivity index (χ0) is 20.3. The summed E-state index contributed by atoms with van der Waals surface area (Å²) in [5, 5.41) is 0. The van der Waals surface area contributed by atoms with Gasteiger partial charge < -0.3 is 4.57 Å². The molecule has 1 aromatic carbocycles. The zero-order valence-corrected chi connectivity index (χ0v) is 17.6. The molecule has 7 heteroatoms. The Bertz CT molecular complexity index is 974. The first-order chi connectivity index (χ1) is 14.0. The second-order valence-corrected chi connectivity index (χ2v) is 10.1. The minimum Gasteiger partial charge on any atom is -0.301 e. The number of piperidine rings is 1. The van der Waals surface area contributed by atoms with Crippen LogP contribution in [0.5, 0.6) is 0 Å². The molecule has 0 bridgehead atoms. The standard InChI is InChI=1S/C22H29N3O3S/c26-22-9-8-21(29(27,28)25-12-4-5-13-25)17-24(22)18-23-14-10-20(11-15-23)16-19-6-2-1-3-7-19/h1-3,6-9,17,20H,4-5,10-16,18H2. The van der Waals surface area contributed by atoms with Crippen LogP contribution in [0.4, 0.5) is 0 Å². The summed E-state index contributed by atoms with van der Waals surface area (Å²) in [4.78, 5) is 14.8. The van der Waals surface area contributed by atoms with Crippen molar-refractivity contribution in [2.75, 3.05) is 26.2 Å². The average molecular weight is 416 g/mol. The summed E-state index contributed by atoms with van der Waals surface area (Å²) < 4.78 is 28.7. The molecule has 0 aliphatic carbocycles. The van der Waals surface area contributed by atoms with Gasteiger partial charge in [-0.1, -0.05) is 30.3 Å². The second kappa shape index (κ2) is 8.81. The summed E-state index contributed by atoms with van der Waals surface area (Å²) in [7, 11) is -3.51. The van der Waals surface area contributed by atoms with Gasteiger partial charge in [0.2, 0.25) is 10.0 Å². The lowest BCUT2D eigenvalue weighted by atomic mass is 9.90. The van der Waals surface area contributed by atoms with Crippen molar-refractivity contribution in [1.82, 2.24) is 13.8 Å². The summed E-state index contributed by atoms with van der Waals surface area (Å²) >= 11 is 0. The third kappa shape index (κ3) is 4.79. The van der Waals surface area contributed by atoms with Crippen molar-refractivity contribution >= 4 is 10.0 Å². The Morgan fingerprint density at radius 1 is 0.897 bits per heavy atom. The molecule has 2 fully saturated rings. The van der Waals surface area contributed by atoms with E-state index in [1.54, 1.807) is 4.57 Å². The monoisotopic (exact) mass is 415 g/mol. The van der Waals surface area contributed by atoms with Crippen molar-refractivity contribution in [2.24, 2.45) is 5.92 Å². The minimum atomic E-state index is -3.51. The van der Waals surface area contributed by atoms with E-state index < -0.39 is 10.0 Å². The van der Waals surface area contributed by atoms with Crippen LogP contribution < -0.4 is 5.56 Å². The van der Waals surface area contributed by atoms with Gasteiger partial charge in [0.05, 0.1) is 11.6 Å². The van der Waals surface area contributed by atoms with Crippen molar-refractivity contribution < 1.29 is 8.42 Å². The Hall–Kier alpha value is -1.96. The van der Waals surface area contributed by atoms with Crippen LogP contribution in [0.1, 0.15) is 31.2 Å². The lowest BCUT2D eigenvalue weighted by Crippen LogP contribution is -2.38. The lowest BCUT2D eigenvalue weighted by molar-refractivity contribution is 0.145. The number of aromatic nitrogens is 1. The van der Waals surface area contributed by atoms with Crippen molar-refractivity contribution in [2.45, 2.75) is 43.7 Å². The minimum absolute atomic E-state index is 0.156. The van der Waals surface area contributed by atoms with E-state index in [0.717, 1.165) is 45.2 Å². The Morgan fingerprint density at radius 2 is 1.59 bits per heavy atom. The third-order valence-electron chi connectivity index (χ3n) is 6.09. The molecule has 2 aromatic rings. The van der Waals surface area contributed by atoms with Crippen LogP contribution in [0.25, 0.3) is 0 Å². The fourth-order valence-electron chi connectivity index (χ4n) is 4.34. The molecular weight excluding hydrogens is 386 g/mol. The van der Waals surface area contributed by atoms with E-state index in [2.05, 4.69) is 29.2 Å². The van der Waals surface area contributed by atoms with Gasteiger partial charge in [0.1, 0.15) is 0 Å². The third-order valence-corrected chi connectivity index (χ3v) is 7.97. The summed E-state index contributed by atoms with van der Waals surface area (Å²) in [6, 6.07) is 13.4. The Labute approximate surface area is 172 Å². The van der Waals surface area contributed by atoms with E-state index >= 15 is 0 Å². The molecule has 0 amide bonds. The van der Waals surface area contributed by atoms with Crippen LogP contribution in [0.15, 0.2) is 58.4 Å². The predicted octanol–water partition coefficient (Wildman–Crippen LogP) is 2.54. The van der Waals surface area contributed by atoms with Gasteiger partial charge in [0.25, 0.3) is 5.56 Å². The predicted molar refractivity (Wildman–Crippen MR) is 113 cm³/mol. The van der Waals surface area contributed by atoms with Crippen LogP contribution in [-0.4, -0.2) is 48.4 Å². The number of pyridine rings is 1. The molecule has 0 radical (unpaired) electrons. The quantitative estimate of drug-likeness (QED) is 0.727. The molecule has 2 aliphatic heterocycles. The van der Waals surface area contributed by atoms with Gasteiger partial charge in [-0.3, -0.25) is 9.69 Å². The van der Waals surface area contributed by atoms with Gasteiger partial charge in [0.15, 0.2) is 0 Å².